The molecule has 0 aliphatic carbocycles. The smallest absolute Gasteiger partial charge is 0.245 e. The molecule has 0 fully saturated rings. The van der Waals surface area contributed by atoms with Crippen LogP contribution in [0.15, 0.2) is 41.5 Å². The summed E-state index contributed by atoms with van der Waals surface area (Å²) in [5, 5.41) is 1.31. The van der Waals surface area contributed by atoms with Crippen LogP contribution in [-0.4, -0.2) is 23.5 Å². The summed E-state index contributed by atoms with van der Waals surface area (Å²) in [7, 11) is 3.39. The zero-order valence-corrected chi connectivity index (χ0v) is 12.3. The van der Waals surface area contributed by atoms with Gasteiger partial charge >= 0.3 is 0 Å². The van der Waals surface area contributed by atoms with E-state index in [1.54, 1.807) is 0 Å². The van der Waals surface area contributed by atoms with Crippen molar-refractivity contribution in [1.82, 2.24) is 4.57 Å². The number of hydrogen-bond donors (Lipinski definition) is 3. The molecule has 21 heavy (non-hydrogen) atoms. The molecule has 6 N–H and O–H groups in total. The second-order valence-corrected chi connectivity index (χ2v) is 3.80. The maximum Gasteiger partial charge on any atom is 0.245 e. The standard InChI is InChI=1S/C9H9N.C3H7N3O.CH5NO2/c1-10-7-6-8-4-2-3-5-9(8)10;1-2(7)6-3(4)5;1-3-4-2/h2-7H,1H3;1H3,(H4,4,5,6,7);2H2,1H3. The lowest BCUT2D eigenvalue weighted by Gasteiger charge is -1.92. The van der Waals surface area contributed by atoms with Gasteiger partial charge in [-0.15, -0.1) is 4.99 Å². The number of fused-ring (bicyclic) bond motifs is 1. The molecule has 8 heteroatoms. The van der Waals surface area contributed by atoms with Crippen LogP contribution < -0.4 is 17.4 Å². The second-order valence-electron chi connectivity index (χ2n) is 3.80. The van der Waals surface area contributed by atoms with Crippen molar-refractivity contribution in [3.05, 3.63) is 36.5 Å². The number of hydrogen-bond acceptors (Lipinski definition) is 4. The van der Waals surface area contributed by atoms with Crippen molar-refractivity contribution in [1.29, 1.82) is 0 Å². The van der Waals surface area contributed by atoms with Gasteiger partial charge in [-0.3, -0.25) is 4.79 Å². The lowest BCUT2D eigenvalue weighted by molar-refractivity contribution is -0.277. The van der Waals surface area contributed by atoms with Gasteiger partial charge in [-0.25, -0.2) is 4.89 Å². The molecule has 0 saturated carbocycles. The quantitative estimate of drug-likeness (QED) is 0.302. The molecular formula is C13H21N5O3. The van der Waals surface area contributed by atoms with Gasteiger partial charge in [-0.05, 0) is 17.5 Å². The van der Waals surface area contributed by atoms with Crippen LogP contribution in [-0.2, 0) is 21.7 Å². The summed E-state index contributed by atoms with van der Waals surface area (Å²) in [6.07, 6.45) is 2.07. The van der Waals surface area contributed by atoms with E-state index in [-0.39, 0.29) is 11.9 Å². The number of nitrogens with two attached hydrogens (primary N) is 3. The van der Waals surface area contributed by atoms with Gasteiger partial charge < -0.3 is 16.0 Å². The second kappa shape index (κ2) is 10.4. The van der Waals surface area contributed by atoms with E-state index >= 15 is 0 Å². The lowest BCUT2D eigenvalue weighted by Crippen LogP contribution is -2.23. The van der Waals surface area contributed by atoms with Crippen molar-refractivity contribution in [3.63, 3.8) is 0 Å². The van der Waals surface area contributed by atoms with Crippen LogP contribution in [0.1, 0.15) is 6.92 Å². The fraction of sp³-hybridized carbons (Fsp3) is 0.231. The van der Waals surface area contributed by atoms with Crippen molar-refractivity contribution >= 4 is 22.8 Å². The molecule has 0 saturated heterocycles. The summed E-state index contributed by atoms with van der Waals surface area (Å²) in [5.74, 6) is 3.74. The average Bonchev–Trinajstić information content (AvgIpc) is 2.81. The van der Waals surface area contributed by atoms with Crippen LogP contribution in [0, 0.1) is 0 Å². The first kappa shape index (κ1) is 18.6. The zero-order chi connectivity index (χ0) is 16.3. The summed E-state index contributed by atoms with van der Waals surface area (Å²) in [6.45, 7) is 1.28. The number of amides is 1. The van der Waals surface area contributed by atoms with E-state index < -0.39 is 0 Å². The topological polar surface area (TPSA) is 131 Å². The number of para-hydroxylation sites is 1. The van der Waals surface area contributed by atoms with Crippen molar-refractivity contribution in [2.24, 2.45) is 29.4 Å². The molecule has 1 amide bonds. The SMILES string of the molecule is CC(=O)N=C(N)N.COON.Cn1ccc2ccccc21. The van der Waals surface area contributed by atoms with Gasteiger partial charge in [0, 0.05) is 25.7 Å². The Labute approximate surface area is 123 Å². The van der Waals surface area contributed by atoms with Crippen LogP contribution in [0.3, 0.4) is 0 Å². The van der Waals surface area contributed by atoms with Gasteiger partial charge in [0.1, 0.15) is 0 Å². The Hall–Kier alpha value is -2.42. The minimum atomic E-state index is -0.375. The number of aromatic nitrogens is 1. The fourth-order valence-corrected chi connectivity index (χ4v) is 1.40. The molecule has 0 bridgehead atoms. The van der Waals surface area contributed by atoms with E-state index in [4.69, 9.17) is 11.5 Å². The van der Waals surface area contributed by atoms with Crippen molar-refractivity contribution in [3.8, 4) is 0 Å². The molecule has 1 aromatic heterocycles. The first-order valence-corrected chi connectivity index (χ1v) is 5.92. The molecule has 116 valence electrons. The van der Waals surface area contributed by atoms with Gasteiger partial charge in [0.2, 0.25) is 5.91 Å². The number of rotatable bonds is 1. The van der Waals surface area contributed by atoms with E-state index in [1.165, 1.54) is 24.9 Å². The monoisotopic (exact) mass is 295 g/mol. The third-order valence-corrected chi connectivity index (χ3v) is 2.18. The Bertz CT molecular complexity index is 574. The largest absolute Gasteiger partial charge is 0.370 e. The van der Waals surface area contributed by atoms with Crippen molar-refractivity contribution in [2.75, 3.05) is 7.11 Å². The van der Waals surface area contributed by atoms with E-state index in [0.29, 0.717) is 0 Å². The molecule has 0 spiro atoms. The molecule has 0 aliphatic rings. The molecule has 0 radical (unpaired) electrons. The van der Waals surface area contributed by atoms with Crippen LogP contribution >= 0.6 is 0 Å². The minimum Gasteiger partial charge on any atom is -0.370 e. The van der Waals surface area contributed by atoms with Crippen LogP contribution in [0.4, 0.5) is 0 Å². The number of guanidine groups is 1. The number of aryl methyl sites for hydroxylation is 1. The highest BCUT2D eigenvalue weighted by atomic mass is 17.3. The van der Waals surface area contributed by atoms with Crippen LogP contribution in [0.25, 0.3) is 10.9 Å². The predicted octanol–water partition coefficient (Wildman–Crippen LogP) is 0.423. The third-order valence-electron chi connectivity index (χ3n) is 2.18. The Morgan fingerprint density at radius 2 is 1.81 bits per heavy atom. The molecular weight excluding hydrogens is 274 g/mol. The first-order chi connectivity index (χ1) is 9.92. The number of carbonyl (C=O) groups excluding carboxylic acids is 1. The third kappa shape index (κ3) is 8.37. The Kier molecular flexibility index (Phi) is 9.18. The van der Waals surface area contributed by atoms with Gasteiger partial charge in [0.05, 0.1) is 7.11 Å². The average molecular weight is 295 g/mol. The molecule has 2 rings (SSSR count). The van der Waals surface area contributed by atoms with E-state index in [1.807, 2.05) is 0 Å². The molecule has 0 unspecified atom stereocenters. The Morgan fingerprint density at radius 3 is 2.19 bits per heavy atom. The number of nitrogens with zero attached hydrogens (tertiary/aromatic N) is 2. The summed E-state index contributed by atoms with van der Waals surface area (Å²) in [5.41, 5.74) is 10.9. The van der Waals surface area contributed by atoms with Crippen molar-refractivity contribution < 1.29 is 14.7 Å². The molecule has 1 aromatic carbocycles. The summed E-state index contributed by atoms with van der Waals surface area (Å²) in [4.78, 5) is 20.4. The number of carbonyl (C=O) groups is 1. The highest BCUT2D eigenvalue weighted by Crippen LogP contribution is 2.12. The maximum absolute atomic E-state index is 9.91. The van der Waals surface area contributed by atoms with Gasteiger partial charge in [0.25, 0.3) is 0 Å². The highest BCUT2D eigenvalue weighted by molar-refractivity contribution is 5.90. The van der Waals surface area contributed by atoms with Crippen LogP contribution in [0.2, 0.25) is 0 Å². The summed E-state index contributed by atoms with van der Waals surface area (Å²) in [6, 6.07) is 10.5. The normalized spacial score (nSPS) is 8.95. The van der Waals surface area contributed by atoms with E-state index in [0.717, 1.165) is 0 Å². The Balaban J connectivity index is 0.000000321. The molecule has 8 nitrogen and oxygen atoms in total. The summed E-state index contributed by atoms with van der Waals surface area (Å²) < 4.78 is 2.12. The minimum absolute atomic E-state index is 0.187. The van der Waals surface area contributed by atoms with Crippen molar-refractivity contribution in [2.45, 2.75) is 6.92 Å². The Morgan fingerprint density at radius 1 is 1.24 bits per heavy atom. The van der Waals surface area contributed by atoms with Gasteiger partial charge in [0.15, 0.2) is 5.96 Å². The first-order valence-electron chi connectivity index (χ1n) is 5.92. The zero-order valence-electron chi connectivity index (χ0n) is 12.3. The molecule has 1 heterocycles. The molecule has 0 atom stereocenters. The highest BCUT2D eigenvalue weighted by Gasteiger charge is 1.92. The predicted molar refractivity (Wildman–Crippen MR) is 81.7 cm³/mol. The number of benzene rings is 1. The van der Waals surface area contributed by atoms with E-state index in [9.17, 15) is 4.79 Å². The fourth-order valence-electron chi connectivity index (χ4n) is 1.40. The maximum atomic E-state index is 9.91. The number of aliphatic imine (C=N–C) groups is 1. The van der Waals surface area contributed by atoms with E-state index in [2.05, 4.69) is 68.9 Å². The summed E-state index contributed by atoms with van der Waals surface area (Å²) >= 11 is 0. The van der Waals surface area contributed by atoms with Crippen LogP contribution in [0.5, 0.6) is 0 Å². The molecule has 0 aliphatic heterocycles. The van der Waals surface area contributed by atoms with Gasteiger partial charge in [-0.1, -0.05) is 18.2 Å². The molecule has 2 aromatic rings. The van der Waals surface area contributed by atoms with Gasteiger partial charge in [-0.2, -0.15) is 10.9 Å². The lowest BCUT2D eigenvalue weighted by atomic mass is 10.2.